The second kappa shape index (κ2) is 11.3. The number of carbonyl (C=O) groups is 2. The van der Waals surface area contributed by atoms with Crippen molar-refractivity contribution in [2.75, 3.05) is 38.3 Å². The number of hydrogen-bond acceptors (Lipinski definition) is 6. The molecular formula is C33H39ClN2O5. The molecule has 1 spiro atoms. The van der Waals surface area contributed by atoms with Gasteiger partial charge < -0.3 is 24.4 Å². The molecule has 1 fully saturated rings. The Bertz CT molecular complexity index is 1360. The molecule has 1 amide bonds. The minimum absolute atomic E-state index is 0.158. The summed E-state index contributed by atoms with van der Waals surface area (Å²) in [5.41, 5.74) is 1.43. The van der Waals surface area contributed by atoms with E-state index in [9.17, 15) is 14.7 Å². The van der Waals surface area contributed by atoms with Gasteiger partial charge in [-0.1, -0.05) is 35.9 Å². The van der Waals surface area contributed by atoms with E-state index in [0.29, 0.717) is 24.5 Å². The Morgan fingerprint density at radius 1 is 1.12 bits per heavy atom. The van der Waals surface area contributed by atoms with Gasteiger partial charge in [-0.25, -0.2) is 4.79 Å². The molecule has 0 radical (unpaired) electrons. The summed E-state index contributed by atoms with van der Waals surface area (Å²) in [7, 11) is 1.25. The number of hydrogen-bond donors (Lipinski definition) is 1. The first kappa shape index (κ1) is 28.1. The number of methoxy groups -OCH3 is 1. The van der Waals surface area contributed by atoms with Gasteiger partial charge in [0.2, 0.25) is 5.91 Å². The first-order valence-electron chi connectivity index (χ1n) is 14.9. The van der Waals surface area contributed by atoms with E-state index in [1.807, 2.05) is 24.3 Å². The number of aryl methyl sites for hydroxylation is 1. The van der Waals surface area contributed by atoms with Crippen LogP contribution in [0.3, 0.4) is 0 Å². The van der Waals surface area contributed by atoms with Gasteiger partial charge in [-0.15, -0.1) is 0 Å². The summed E-state index contributed by atoms with van der Waals surface area (Å²) in [6, 6.07) is 11.7. The average molecular weight is 579 g/mol. The van der Waals surface area contributed by atoms with Crippen LogP contribution in [-0.2, 0) is 31.8 Å². The number of allylic oxidation sites excluding steroid dienone is 1. The second-order valence-electron chi connectivity index (χ2n) is 12.1. The summed E-state index contributed by atoms with van der Waals surface area (Å²) >= 11 is 6.38. The van der Waals surface area contributed by atoms with Crippen LogP contribution in [0.25, 0.3) is 0 Å². The topological polar surface area (TPSA) is 79.3 Å². The number of anilines is 1. The smallest absolute Gasteiger partial charge is 0.343 e. The highest BCUT2D eigenvalue weighted by Gasteiger charge is 2.46. The number of amides is 1. The molecule has 2 heterocycles. The molecule has 1 N–H and O–H groups in total. The second-order valence-corrected chi connectivity index (χ2v) is 12.5. The van der Waals surface area contributed by atoms with Crippen molar-refractivity contribution in [1.82, 2.24) is 4.90 Å². The Morgan fingerprint density at radius 2 is 1.98 bits per heavy atom. The molecule has 2 atom stereocenters. The molecule has 2 aromatic carbocycles. The van der Waals surface area contributed by atoms with E-state index < -0.39 is 11.6 Å². The van der Waals surface area contributed by atoms with Crippen LogP contribution in [0.15, 0.2) is 48.6 Å². The number of rotatable bonds is 2. The van der Waals surface area contributed by atoms with Crippen LogP contribution in [0.4, 0.5) is 5.69 Å². The number of esters is 1. The lowest BCUT2D eigenvalue weighted by Crippen LogP contribution is -2.46. The van der Waals surface area contributed by atoms with Gasteiger partial charge in [0, 0.05) is 36.1 Å². The van der Waals surface area contributed by atoms with E-state index in [2.05, 4.69) is 23.1 Å². The molecular weight excluding hydrogens is 540 g/mol. The van der Waals surface area contributed by atoms with Crippen molar-refractivity contribution in [2.45, 2.75) is 74.8 Å². The molecule has 0 unspecified atom stereocenters. The van der Waals surface area contributed by atoms with Crippen molar-refractivity contribution in [1.29, 1.82) is 0 Å². The predicted octanol–water partition coefficient (Wildman–Crippen LogP) is 5.29. The first-order chi connectivity index (χ1) is 19.8. The van der Waals surface area contributed by atoms with E-state index in [1.54, 1.807) is 11.0 Å². The quantitative estimate of drug-likeness (QED) is 0.385. The summed E-state index contributed by atoms with van der Waals surface area (Å²) in [5, 5.41) is 12.6. The van der Waals surface area contributed by atoms with Gasteiger partial charge in [0.15, 0.2) is 5.60 Å². The van der Waals surface area contributed by atoms with Gasteiger partial charge in [-0.2, -0.15) is 0 Å². The monoisotopic (exact) mass is 578 g/mol. The summed E-state index contributed by atoms with van der Waals surface area (Å²) in [6.07, 6.45) is 11.7. The van der Waals surface area contributed by atoms with Crippen LogP contribution < -0.4 is 9.64 Å². The number of nitrogens with zero attached hydrogens (tertiary/aromatic N) is 2. The molecule has 8 heteroatoms. The molecule has 6 rings (SSSR count). The lowest BCUT2D eigenvalue weighted by Gasteiger charge is -2.41. The zero-order chi connectivity index (χ0) is 28.6. The Balaban J connectivity index is 1.42. The molecule has 0 saturated heterocycles. The third-order valence-electron chi connectivity index (χ3n) is 9.27. The summed E-state index contributed by atoms with van der Waals surface area (Å²) in [6.45, 7) is 2.57. The molecule has 4 aliphatic rings. The molecule has 1 saturated carbocycles. The van der Waals surface area contributed by atoms with Crippen LogP contribution in [-0.4, -0.2) is 61.3 Å². The van der Waals surface area contributed by atoms with Crippen molar-refractivity contribution in [2.24, 2.45) is 0 Å². The lowest BCUT2D eigenvalue weighted by molar-refractivity contribution is -0.168. The number of fused-ring (bicyclic) bond motifs is 3. The van der Waals surface area contributed by atoms with Gasteiger partial charge >= 0.3 is 5.97 Å². The van der Waals surface area contributed by atoms with Crippen molar-refractivity contribution < 1.29 is 24.2 Å². The number of aliphatic hydroxyl groups is 1. The Labute approximate surface area is 247 Å². The molecule has 2 aromatic rings. The van der Waals surface area contributed by atoms with E-state index in [0.717, 1.165) is 75.2 Å². The van der Waals surface area contributed by atoms with Gasteiger partial charge in [0.1, 0.15) is 5.75 Å². The van der Waals surface area contributed by atoms with Crippen LogP contribution >= 0.6 is 11.6 Å². The van der Waals surface area contributed by atoms with Crippen molar-refractivity contribution in [3.05, 3.63) is 70.3 Å². The zero-order valence-electron chi connectivity index (χ0n) is 23.7. The van der Waals surface area contributed by atoms with Gasteiger partial charge in [0.05, 0.1) is 25.8 Å². The predicted molar refractivity (Wildman–Crippen MR) is 158 cm³/mol. The van der Waals surface area contributed by atoms with Crippen LogP contribution in [0.1, 0.15) is 68.1 Å². The average Bonchev–Trinajstić information content (AvgIpc) is 3.82. The number of halogens is 1. The SMILES string of the molecule is COC(=O)[C@]1(O)CC(=O)N(C2CC2)C/C=C/CCCCN2C[C@@]3(CCCc4cc(Cl)ccc43)COc3ccc1cc32. The number of benzene rings is 2. The summed E-state index contributed by atoms with van der Waals surface area (Å²) in [4.78, 5) is 30.8. The molecule has 0 aromatic heterocycles. The summed E-state index contributed by atoms with van der Waals surface area (Å²) < 4.78 is 11.6. The highest BCUT2D eigenvalue weighted by atomic mass is 35.5. The highest BCUT2D eigenvalue weighted by molar-refractivity contribution is 6.30. The molecule has 2 aliphatic heterocycles. The Hall–Kier alpha value is -3.03. The van der Waals surface area contributed by atoms with Crippen molar-refractivity contribution in [3.63, 3.8) is 0 Å². The van der Waals surface area contributed by atoms with E-state index in [-0.39, 0.29) is 23.8 Å². The molecule has 2 bridgehead atoms. The third kappa shape index (κ3) is 5.46. The normalized spacial score (nSPS) is 27.6. The zero-order valence-corrected chi connectivity index (χ0v) is 24.5. The van der Waals surface area contributed by atoms with Gasteiger partial charge in [0.25, 0.3) is 0 Å². The van der Waals surface area contributed by atoms with Crippen molar-refractivity contribution in [3.8, 4) is 5.75 Å². The van der Waals surface area contributed by atoms with E-state index >= 15 is 0 Å². The van der Waals surface area contributed by atoms with Crippen LogP contribution in [0, 0.1) is 0 Å². The molecule has 7 nitrogen and oxygen atoms in total. The molecule has 2 aliphatic carbocycles. The number of carbonyl (C=O) groups excluding carboxylic acids is 2. The Morgan fingerprint density at radius 3 is 2.78 bits per heavy atom. The first-order valence-corrected chi connectivity index (χ1v) is 15.3. The minimum Gasteiger partial charge on any atom is -0.490 e. The maximum absolute atomic E-state index is 13.5. The fourth-order valence-electron chi connectivity index (χ4n) is 6.90. The van der Waals surface area contributed by atoms with Crippen LogP contribution in [0.2, 0.25) is 5.02 Å². The fourth-order valence-corrected chi connectivity index (χ4v) is 7.10. The third-order valence-corrected chi connectivity index (χ3v) is 9.51. The Kier molecular flexibility index (Phi) is 7.77. The van der Waals surface area contributed by atoms with Crippen molar-refractivity contribution >= 4 is 29.2 Å². The van der Waals surface area contributed by atoms with E-state index in [4.69, 9.17) is 21.1 Å². The minimum atomic E-state index is -2.11. The number of ether oxygens (including phenoxy) is 2. The van der Waals surface area contributed by atoms with E-state index in [1.165, 1.54) is 18.2 Å². The highest BCUT2D eigenvalue weighted by Crippen LogP contribution is 2.46. The standard InChI is InChI=1S/C33H39ClN2O5/c1-40-31(38)33(39)20-30(37)36(26-11-12-26)17-6-4-2-3-5-16-35-21-32(22-41-29-14-9-24(33)19-28(29)35)15-7-8-23-18-25(34)10-13-27(23)32/h4,6,9-10,13-14,18-19,26,39H,2-3,5,7-8,11-12,15-17,20-22H2,1H3/b6-4+/t32-,33-/m0/s1. The maximum atomic E-state index is 13.5. The summed E-state index contributed by atoms with van der Waals surface area (Å²) in [5.74, 6) is -0.370. The molecule has 218 valence electrons. The largest absolute Gasteiger partial charge is 0.490 e. The van der Waals surface area contributed by atoms with Crippen LogP contribution in [0.5, 0.6) is 5.75 Å². The van der Waals surface area contributed by atoms with Gasteiger partial charge in [-0.3, -0.25) is 4.79 Å². The maximum Gasteiger partial charge on any atom is 0.343 e. The molecule has 41 heavy (non-hydrogen) atoms. The fraction of sp³-hybridized carbons (Fsp3) is 0.515. The van der Waals surface area contributed by atoms with Gasteiger partial charge in [-0.05, 0) is 92.3 Å². The lowest BCUT2D eigenvalue weighted by atomic mass is 9.70.